The third kappa shape index (κ3) is 3.00. The summed E-state index contributed by atoms with van der Waals surface area (Å²) in [6, 6.07) is 16.4. The molecule has 1 aromatic carbocycles. The summed E-state index contributed by atoms with van der Waals surface area (Å²) in [7, 11) is 0. The first kappa shape index (κ1) is 13.1. The van der Waals surface area contributed by atoms with Crippen LogP contribution in [-0.2, 0) is 0 Å². The summed E-state index contributed by atoms with van der Waals surface area (Å²) < 4.78 is 4.47. The number of fused-ring (bicyclic) bond motifs is 1. The summed E-state index contributed by atoms with van der Waals surface area (Å²) in [4.78, 5) is 13.5. The molecule has 0 saturated heterocycles. The summed E-state index contributed by atoms with van der Waals surface area (Å²) in [5, 5.41) is 0. The molecule has 1 aromatic heterocycles. The highest BCUT2D eigenvalue weighted by Gasteiger charge is 2.17. The van der Waals surface area contributed by atoms with Gasteiger partial charge in [0.25, 0.3) is 11.6 Å². The third-order valence-electron chi connectivity index (χ3n) is 3.20. The van der Waals surface area contributed by atoms with E-state index in [2.05, 4.69) is 58.8 Å². The molecule has 0 bridgehead atoms. The Morgan fingerprint density at radius 3 is 2.33 bits per heavy atom. The van der Waals surface area contributed by atoms with Gasteiger partial charge in [0.2, 0.25) is 0 Å². The van der Waals surface area contributed by atoms with Gasteiger partial charge in [0.1, 0.15) is 6.26 Å². The Bertz CT molecular complexity index is 853. The molecule has 4 rings (SSSR count). The zero-order valence-electron chi connectivity index (χ0n) is 11.5. The fourth-order valence-corrected chi connectivity index (χ4v) is 2.15. The standard InChI is InChI=1S/C13H10.C4H4N2O2/c1-9-3-2-4-10(7-9)12-6-5-11-8-13(11)12;5-4-6-3(7)1-2-8-4/h2-8H,1H3;1-2H,(H2,5,6,7). The number of anilines is 1. The summed E-state index contributed by atoms with van der Waals surface area (Å²) in [6.45, 7) is 2.13. The second-order valence-electron chi connectivity index (χ2n) is 4.84. The molecule has 0 saturated carbocycles. The number of nitrogens with zero attached hydrogens (tertiary/aromatic N) is 1. The molecule has 0 atom stereocenters. The summed E-state index contributed by atoms with van der Waals surface area (Å²) >= 11 is 0. The number of nitrogen functional groups attached to an aromatic ring is 1. The lowest BCUT2D eigenvalue weighted by Crippen LogP contribution is -2.04. The second kappa shape index (κ2) is 5.25. The number of rotatable bonds is 1. The summed E-state index contributed by atoms with van der Waals surface area (Å²) in [5.74, 6) is 0. The average Bonchev–Trinajstić information content (AvgIpc) is 3.10. The van der Waals surface area contributed by atoms with Crippen LogP contribution in [0.1, 0.15) is 5.56 Å². The predicted octanol–water partition coefficient (Wildman–Crippen LogP) is 3.26. The topological polar surface area (TPSA) is 69.1 Å². The Kier molecular flexibility index (Phi) is 3.28. The molecule has 2 N–H and O–H groups in total. The first-order valence-electron chi connectivity index (χ1n) is 6.56. The van der Waals surface area contributed by atoms with Crippen molar-refractivity contribution in [1.29, 1.82) is 0 Å². The number of hydrogen-bond acceptors (Lipinski definition) is 4. The van der Waals surface area contributed by atoms with Gasteiger partial charge in [-0.2, -0.15) is 4.98 Å². The minimum atomic E-state index is -0.381. The van der Waals surface area contributed by atoms with Crippen molar-refractivity contribution >= 4 is 6.01 Å². The van der Waals surface area contributed by atoms with Crippen LogP contribution in [0.15, 0.2) is 64.0 Å². The molecular formula is C17H14N2O2. The molecule has 4 nitrogen and oxygen atoms in total. The first-order valence-corrected chi connectivity index (χ1v) is 6.56. The number of hydrogen-bond donors (Lipinski definition) is 1. The van der Waals surface area contributed by atoms with Gasteiger partial charge >= 0.3 is 0 Å². The van der Waals surface area contributed by atoms with Crippen molar-refractivity contribution in [2.45, 2.75) is 6.92 Å². The van der Waals surface area contributed by atoms with Crippen LogP contribution in [0.2, 0.25) is 0 Å². The van der Waals surface area contributed by atoms with Crippen molar-refractivity contribution < 1.29 is 4.42 Å². The van der Waals surface area contributed by atoms with Crippen LogP contribution in [0.25, 0.3) is 22.3 Å². The summed E-state index contributed by atoms with van der Waals surface area (Å²) in [5.41, 5.74) is 11.5. The zero-order chi connectivity index (χ0) is 14.8. The second-order valence-corrected chi connectivity index (χ2v) is 4.84. The lowest BCUT2D eigenvalue weighted by molar-refractivity contribution is 0.548. The van der Waals surface area contributed by atoms with E-state index >= 15 is 0 Å². The van der Waals surface area contributed by atoms with Crippen molar-refractivity contribution in [2.24, 2.45) is 0 Å². The molecule has 2 aliphatic rings. The zero-order valence-corrected chi connectivity index (χ0v) is 11.5. The van der Waals surface area contributed by atoms with Crippen LogP contribution in [0.5, 0.6) is 0 Å². The van der Waals surface area contributed by atoms with Crippen LogP contribution in [0.4, 0.5) is 6.01 Å². The Morgan fingerprint density at radius 2 is 1.81 bits per heavy atom. The Morgan fingerprint density at radius 1 is 1.00 bits per heavy atom. The molecule has 0 radical (unpaired) electrons. The van der Waals surface area contributed by atoms with E-state index < -0.39 is 0 Å². The van der Waals surface area contributed by atoms with Crippen molar-refractivity contribution in [3.05, 3.63) is 70.7 Å². The van der Waals surface area contributed by atoms with Crippen molar-refractivity contribution in [2.75, 3.05) is 5.73 Å². The van der Waals surface area contributed by atoms with Crippen molar-refractivity contribution in [3.8, 4) is 22.3 Å². The van der Waals surface area contributed by atoms with E-state index in [0.717, 1.165) is 0 Å². The van der Waals surface area contributed by atoms with E-state index in [9.17, 15) is 4.79 Å². The fraction of sp³-hybridized carbons (Fsp3) is 0.0588. The smallest absolute Gasteiger partial charge is 0.295 e. The molecule has 21 heavy (non-hydrogen) atoms. The molecule has 0 spiro atoms. The van der Waals surface area contributed by atoms with E-state index in [1.807, 2.05) is 0 Å². The van der Waals surface area contributed by atoms with Crippen molar-refractivity contribution in [1.82, 2.24) is 4.98 Å². The largest absolute Gasteiger partial charge is 0.434 e. The molecule has 1 heterocycles. The first-order chi connectivity index (χ1) is 10.1. The van der Waals surface area contributed by atoms with Crippen LogP contribution in [0, 0.1) is 6.92 Å². The lowest BCUT2D eigenvalue weighted by Gasteiger charge is -1.99. The molecular weight excluding hydrogens is 264 g/mol. The van der Waals surface area contributed by atoms with Gasteiger partial charge < -0.3 is 10.2 Å². The van der Waals surface area contributed by atoms with E-state index in [1.54, 1.807) is 0 Å². The maximum Gasteiger partial charge on any atom is 0.295 e. The normalized spacial score (nSPS) is 10.5. The highest BCUT2D eigenvalue weighted by molar-refractivity contribution is 5.96. The number of aromatic nitrogens is 1. The van der Waals surface area contributed by atoms with Crippen LogP contribution in [0.3, 0.4) is 0 Å². The quantitative estimate of drug-likeness (QED) is 0.580. The van der Waals surface area contributed by atoms with Gasteiger partial charge in [0, 0.05) is 6.07 Å². The van der Waals surface area contributed by atoms with Gasteiger partial charge in [-0.1, -0.05) is 42.0 Å². The van der Waals surface area contributed by atoms with Gasteiger partial charge in [0.15, 0.2) is 0 Å². The maximum absolute atomic E-state index is 10.2. The number of aryl methyl sites for hydroxylation is 1. The van der Waals surface area contributed by atoms with Crippen LogP contribution < -0.4 is 11.3 Å². The molecule has 2 aromatic rings. The Balaban J connectivity index is 0.000000143. The Labute approximate surface area is 121 Å². The molecule has 0 amide bonds. The Hall–Kier alpha value is -2.88. The highest BCUT2D eigenvalue weighted by Crippen LogP contribution is 2.43. The molecule has 0 aliphatic heterocycles. The number of benzene rings is 2. The average molecular weight is 278 g/mol. The maximum atomic E-state index is 10.2. The molecule has 0 fully saturated rings. The van der Waals surface area contributed by atoms with Crippen LogP contribution >= 0.6 is 0 Å². The molecule has 4 heteroatoms. The van der Waals surface area contributed by atoms with E-state index in [1.165, 1.54) is 40.1 Å². The van der Waals surface area contributed by atoms with Crippen LogP contribution in [-0.4, -0.2) is 4.98 Å². The summed E-state index contributed by atoms with van der Waals surface area (Å²) in [6.07, 6.45) is 1.20. The van der Waals surface area contributed by atoms with E-state index in [-0.39, 0.29) is 11.6 Å². The predicted molar refractivity (Wildman–Crippen MR) is 82.8 cm³/mol. The third-order valence-corrected chi connectivity index (χ3v) is 3.20. The van der Waals surface area contributed by atoms with Gasteiger partial charge in [-0.15, -0.1) is 0 Å². The molecule has 104 valence electrons. The van der Waals surface area contributed by atoms with Crippen molar-refractivity contribution in [3.63, 3.8) is 0 Å². The fourth-order valence-electron chi connectivity index (χ4n) is 2.15. The van der Waals surface area contributed by atoms with Gasteiger partial charge in [-0.25, -0.2) is 0 Å². The SMILES string of the molecule is Cc1cccc(-c2ccc3cc2-3)c1.Nc1nc(=O)cco1. The highest BCUT2D eigenvalue weighted by atomic mass is 16.3. The molecule has 0 unspecified atom stereocenters. The monoisotopic (exact) mass is 278 g/mol. The number of nitrogens with two attached hydrogens (primary N) is 1. The van der Waals surface area contributed by atoms with Gasteiger partial charge in [-0.3, -0.25) is 4.79 Å². The van der Waals surface area contributed by atoms with E-state index in [0.29, 0.717) is 0 Å². The van der Waals surface area contributed by atoms with E-state index in [4.69, 9.17) is 5.73 Å². The van der Waals surface area contributed by atoms with Gasteiger partial charge in [-0.05, 0) is 35.2 Å². The minimum Gasteiger partial charge on any atom is -0.434 e. The molecule has 2 aliphatic carbocycles. The minimum absolute atomic E-state index is 0.0995. The lowest BCUT2D eigenvalue weighted by atomic mass is 10.1. The van der Waals surface area contributed by atoms with Gasteiger partial charge in [0.05, 0.1) is 0 Å².